The third-order valence-electron chi connectivity index (χ3n) is 3.56. The highest BCUT2D eigenvalue weighted by Crippen LogP contribution is 2.22. The summed E-state index contributed by atoms with van der Waals surface area (Å²) in [5.41, 5.74) is -0.735. The summed E-state index contributed by atoms with van der Waals surface area (Å²) in [6.45, 7) is 4.71. The first-order valence-electron chi connectivity index (χ1n) is 8.43. The van der Waals surface area contributed by atoms with E-state index in [9.17, 15) is 18.0 Å². The minimum absolute atomic E-state index is 0.0152. The molecule has 1 aromatic carbocycles. The van der Waals surface area contributed by atoms with Gasteiger partial charge < -0.3 is 14.8 Å². The monoisotopic (exact) mass is 409 g/mol. The second-order valence-corrected chi connectivity index (χ2v) is 8.62. The molecule has 0 radical (unpaired) electrons. The van der Waals surface area contributed by atoms with Crippen molar-refractivity contribution in [3.8, 4) is 0 Å². The molecule has 1 atom stereocenters. The van der Waals surface area contributed by atoms with Gasteiger partial charge in [0.05, 0.1) is 12.0 Å². The van der Waals surface area contributed by atoms with Crippen LogP contribution < -0.4 is 10.0 Å². The van der Waals surface area contributed by atoms with Crippen molar-refractivity contribution in [2.75, 3.05) is 13.7 Å². The Morgan fingerprint density at radius 3 is 2.57 bits per heavy atom. The highest BCUT2D eigenvalue weighted by molar-refractivity contribution is 7.89. The van der Waals surface area contributed by atoms with Crippen LogP contribution >= 0.6 is 0 Å². The van der Waals surface area contributed by atoms with Crippen molar-refractivity contribution in [1.82, 2.24) is 15.0 Å². The number of methoxy groups -OCH3 is 1. The van der Waals surface area contributed by atoms with Gasteiger partial charge in [0.2, 0.25) is 10.0 Å². The average Bonchev–Trinajstić information content (AvgIpc) is 2.62. The number of ether oxygens (including phenoxy) is 2. The van der Waals surface area contributed by atoms with Crippen molar-refractivity contribution >= 4 is 32.9 Å². The highest BCUT2D eigenvalue weighted by Gasteiger charge is 2.28. The van der Waals surface area contributed by atoms with Crippen molar-refractivity contribution < 1.29 is 27.5 Å². The molecule has 0 fully saturated rings. The van der Waals surface area contributed by atoms with Crippen LogP contribution in [0.2, 0.25) is 0 Å². The number of benzene rings is 1. The number of nitrogens with one attached hydrogen (secondary N) is 2. The summed E-state index contributed by atoms with van der Waals surface area (Å²) in [4.78, 5) is 27.8. The number of hydrogen-bond acceptors (Lipinski definition) is 7. The van der Waals surface area contributed by atoms with Crippen LogP contribution in [0.5, 0.6) is 0 Å². The molecule has 2 N–H and O–H groups in total. The number of fused-ring (bicyclic) bond motifs is 1. The maximum Gasteiger partial charge on any atom is 0.407 e. The number of sulfonamides is 1. The van der Waals surface area contributed by atoms with Gasteiger partial charge in [-0.15, -0.1) is 0 Å². The summed E-state index contributed by atoms with van der Waals surface area (Å²) >= 11 is 0. The third-order valence-corrected chi connectivity index (χ3v) is 5.09. The first kappa shape index (κ1) is 21.6. The molecule has 9 nitrogen and oxygen atoms in total. The van der Waals surface area contributed by atoms with Crippen molar-refractivity contribution in [2.24, 2.45) is 0 Å². The number of rotatable bonds is 6. The smallest absolute Gasteiger partial charge is 0.407 e. The average molecular weight is 409 g/mol. The van der Waals surface area contributed by atoms with Crippen molar-refractivity contribution in [2.45, 2.75) is 37.3 Å². The molecule has 0 spiro atoms. The van der Waals surface area contributed by atoms with Crippen molar-refractivity contribution in [3.05, 3.63) is 36.7 Å². The third kappa shape index (κ3) is 5.64. The lowest BCUT2D eigenvalue weighted by molar-refractivity contribution is -0.142. The number of alkyl carbamates (subject to hydrolysis) is 1. The Morgan fingerprint density at radius 2 is 1.93 bits per heavy atom. The van der Waals surface area contributed by atoms with Gasteiger partial charge in [-0.3, -0.25) is 9.78 Å². The first-order chi connectivity index (χ1) is 13.0. The topological polar surface area (TPSA) is 124 Å². The van der Waals surface area contributed by atoms with E-state index in [0.717, 1.165) is 7.11 Å². The summed E-state index contributed by atoms with van der Waals surface area (Å²) < 4.78 is 37.7. The summed E-state index contributed by atoms with van der Waals surface area (Å²) in [5, 5.41) is 3.45. The molecule has 0 aliphatic rings. The molecule has 0 unspecified atom stereocenters. The molecule has 1 amide bonds. The minimum atomic E-state index is -4.09. The molecule has 1 aromatic heterocycles. The van der Waals surface area contributed by atoms with Crippen LogP contribution in [0, 0.1) is 0 Å². The predicted molar refractivity (Wildman–Crippen MR) is 102 cm³/mol. The second-order valence-electron chi connectivity index (χ2n) is 6.93. The van der Waals surface area contributed by atoms with Crippen LogP contribution in [-0.2, 0) is 24.3 Å². The Hall–Kier alpha value is -2.72. The van der Waals surface area contributed by atoms with Crippen molar-refractivity contribution in [1.29, 1.82) is 0 Å². The number of hydrogen-bond donors (Lipinski definition) is 2. The van der Waals surface area contributed by atoms with Crippen LogP contribution in [0.1, 0.15) is 20.8 Å². The van der Waals surface area contributed by atoms with E-state index in [1.807, 2.05) is 0 Å². The normalized spacial score (nSPS) is 13.0. The molecule has 1 heterocycles. The van der Waals surface area contributed by atoms with Crippen molar-refractivity contribution in [3.63, 3.8) is 0 Å². The molecule has 0 aliphatic heterocycles. The van der Waals surface area contributed by atoms with Gasteiger partial charge in [0.1, 0.15) is 11.6 Å². The van der Waals surface area contributed by atoms with Gasteiger partial charge in [0.15, 0.2) is 0 Å². The lowest BCUT2D eigenvalue weighted by Gasteiger charge is -2.22. The lowest BCUT2D eigenvalue weighted by Crippen LogP contribution is -2.49. The fourth-order valence-electron chi connectivity index (χ4n) is 2.39. The fraction of sp³-hybridized carbons (Fsp3) is 0.389. The summed E-state index contributed by atoms with van der Waals surface area (Å²) in [6.07, 6.45) is 2.23. The van der Waals surface area contributed by atoms with Gasteiger partial charge in [0, 0.05) is 29.7 Å². The van der Waals surface area contributed by atoms with Crippen LogP contribution in [0.15, 0.2) is 41.6 Å². The minimum Gasteiger partial charge on any atom is -0.468 e. The summed E-state index contributed by atoms with van der Waals surface area (Å²) in [5.74, 6) is -0.846. The molecule has 2 aromatic rings. The molecule has 2 rings (SSSR count). The largest absolute Gasteiger partial charge is 0.468 e. The van der Waals surface area contributed by atoms with E-state index >= 15 is 0 Å². The molecule has 152 valence electrons. The molecule has 10 heteroatoms. The van der Waals surface area contributed by atoms with Gasteiger partial charge in [-0.05, 0) is 32.9 Å². The summed E-state index contributed by atoms with van der Waals surface area (Å²) in [6, 6.07) is 4.95. The predicted octanol–water partition coefficient (Wildman–Crippen LogP) is 1.58. The van der Waals surface area contributed by atoms with Crippen LogP contribution in [0.25, 0.3) is 10.8 Å². The maximum absolute atomic E-state index is 12.9. The SMILES string of the molecule is COC(=O)[C@H](CNC(=O)OC(C)(C)C)NS(=O)(=O)c1cccc2cnccc12. The van der Waals surface area contributed by atoms with E-state index in [1.54, 1.807) is 39.0 Å². The number of esters is 1. The lowest BCUT2D eigenvalue weighted by atomic mass is 10.2. The van der Waals surface area contributed by atoms with Gasteiger partial charge in [-0.2, -0.15) is 4.72 Å². The van der Waals surface area contributed by atoms with Gasteiger partial charge in [0.25, 0.3) is 0 Å². The molecule has 28 heavy (non-hydrogen) atoms. The Balaban J connectivity index is 2.23. The molecular formula is C18H23N3O6S. The Labute approximate surface area is 163 Å². The number of aromatic nitrogens is 1. The number of nitrogens with zero attached hydrogens (tertiary/aromatic N) is 1. The fourth-order valence-corrected chi connectivity index (χ4v) is 3.81. The van der Waals surface area contributed by atoms with E-state index < -0.39 is 33.7 Å². The van der Waals surface area contributed by atoms with Gasteiger partial charge in [-0.25, -0.2) is 13.2 Å². The number of amides is 1. The Morgan fingerprint density at radius 1 is 1.21 bits per heavy atom. The molecular weight excluding hydrogens is 386 g/mol. The van der Waals surface area contributed by atoms with E-state index in [4.69, 9.17) is 4.74 Å². The van der Waals surface area contributed by atoms with Crippen LogP contribution in [0.4, 0.5) is 4.79 Å². The number of pyridine rings is 1. The number of carbonyl (C=O) groups is 2. The summed E-state index contributed by atoms with van der Waals surface area (Å²) in [7, 11) is -2.97. The molecule has 0 bridgehead atoms. The second kappa shape index (κ2) is 8.53. The zero-order valence-electron chi connectivity index (χ0n) is 16.1. The molecule has 0 saturated carbocycles. The standard InChI is InChI=1S/C18H23N3O6S/c1-18(2,3)27-17(23)20-11-14(16(22)26-4)21-28(24,25)15-7-5-6-12-10-19-9-8-13(12)15/h5-10,14,21H,11H2,1-4H3,(H,20,23)/t14-/m0/s1. The Kier molecular flexibility index (Phi) is 6.57. The highest BCUT2D eigenvalue weighted by atomic mass is 32.2. The van der Waals surface area contributed by atoms with Crippen LogP contribution in [-0.4, -0.2) is 50.8 Å². The number of carbonyl (C=O) groups excluding carboxylic acids is 2. The van der Waals surface area contributed by atoms with E-state index in [1.165, 1.54) is 18.5 Å². The van der Waals surface area contributed by atoms with E-state index in [2.05, 4.69) is 19.8 Å². The Bertz CT molecular complexity index is 963. The zero-order chi connectivity index (χ0) is 20.9. The van der Waals surface area contributed by atoms with Crippen LogP contribution in [0.3, 0.4) is 0 Å². The van der Waals surface area contributed by atoms with E-state index in [0.29, 0.717) is 10.8 Å². The maximum atomic E-state index is 12.9. The van der Waals surface area contributed by atoms with Gasteiger partial charge in [-0.1, -0.05) is 12.1 Å². The first-order valence-corrected chi connectivity index (χ1v) is 9.91. The van der Waals surface area contributed by atoms with E-state index in [-0.39, 0.29) is 11.4 Å². The molecule has 0 aliphatic carbocycles. The molecule has 0 saturated heterocycles. The quantitative estimate of drug-likeness (QED) is 0.694. The van der Waals surface area contributed by atoms with Gasteiger partial charge >= 0.3 is 12.1 Å². The zero-order valence-corrected chi connectivity index (χ0v) is 16.9.